The number of carbonyl (C=O) groups is 1. The lowest BCUT2D eigenvalue weighted by Crippen LogP contribution is -2.17. The number of hydrogen-bond acceptors (Lipinski definition) is 4. The molecule has 0 bridgehead atoms. The first kappa shape index (κ1) is 15.9. The maximum absolute atomic E-state index is 14.1. The summed E-state index contributed by atoms with van der Waals surface area (Å²) >= 11 is 3.22. The summed E-state index contributed by atoms with van der Waals surface area (Å²) in [5.41, 5.74) is 1.27. The molecule has 1 aliphatic rings. The summed E-state index contributed by atoms with van der Waals surface area (Å²) in [5.74, 6) is 0.696. The maximum atomic E-state index is 14.1. The predicted octanol–water partition coefficient (Wildman–Crippen LogP) is 3.42. The highest BCUT2D eigenvalue weighted by Gasteiger charge is 2.16. The van der Waals surface area contributed by atoms with E-state index in [2.05, 4.69) is 31.4 Å². The highest BCUT2D eigenvalue weighted by Crippen LogP contribution is 2.31. The van der Waals surface area contributed by atoms with Crippen LogP contribution in [0.1, 0.15) is 5.56 Å². The van der Waals surface area contributed by atoms with Crippen LogP contribution in [0.4, 0.5) is 10.2 Å². The van der Waals surface area contributed by atoms with E-state index in [1.807, 2.05) is 0 Å². The first-order chi connectivity index (χ1) is 12.1. The van der Waals surface area contributed by atoms with E-state index in [1.54, 1.807) is 24.3 Å². The number of anilines is 1. The molecule has 0 saturated heterocycles. The van der Waals surface area contributed by atoms with E-state index >= 15 is 0 Å². The average molecular weight is 406 g/mol. The molecule has 6 nitrogen and oxygen atoms in total. The quantitative estimate of drug-likeness (QED) is 0.699. The van der Waals surface area contributed by atoms with E-state index < -0.39 is 5.82 Å². The number of aromatic amines is 1. The number of ether oxygens (including phenoxy) is 2. The van der Waals surface area contributed by atoms with Crippen LogP contribution in [0.15, 0.2) is 34.8 Å². The third-order valence-electron chi connectivity index (χ3n) is 3.81. The zero-order valence-corrected chi connectivity index (χ0v) is 14.5. The fourth-order valence-electron chi connectivity index (χ4n) is 2.72. The van der Waals surface area contributed by atoms with Crippen LogP contribution in [-0.2, 0) is 11.2 Å². The summed E-state index contributed by atoms with van der Waals surface area (Å²) in [7, 11) is 0. The molecule has 0 fully saturated rings. The van der Waals surface area contributed by atoms with Crippen molar-refractivity contribution < 1.29 is 18.7 Å². The Kier molecular flexibility index (Phi) is 4.04. The summed E-state index contributed by atoms with van der Waals surface area (Å²) in [4.78, 5) is 12.3. The van der Waals surface area contributed by atoms with Gasteiger partial charge >= 0.3 is 0 Å². The van der Waals surface area contributed by atoms with E-state index in [0.29, 0.717) is 34.7 Å². The molecule has 0 spiro atoms. The Hall–Kier alpha value is -2.61. The third-order valence-corrected chi connectivity index (χ3v) is 4.27. The monoisotopic (exact) mass is 405 g/mol. The van der Waals surface area contributed by atoms with Gasteiger partial charge in [0.2, 0.25) is 5.91 Å². The number of H-pyrrole nitrogens is 1. The topological polar surface area (TPSA) is 76.2 Å². The zero-order valence-electron chi connectivity index (χ0n) is 12.9. The number of amides is 1. The summed E-state index contributed by atoms with van der Waals surface area (Å²) < 4.78 is 25.7. The lowest BCUT2D eigenvalue weighted by molar-refractivity contribution is -0.115. The van der Waals surface area contributed by atoms with Crippen LogP contribution in [0.3, 0.4) is 0 Å². The van der Waals surface area contributed by atoms with Crippen molar-refractivity contribution in [3.8, 4) is 11.5 Å². The molecule has 0 aliphatic carbocycles. The van der Waals surface area contributed by atoms with E-state index in [9.17, 15) is 9.18 Å². The molecule has 1 amide bonds. The molecular weight excluding hydrogens is 393 g/mol. The molecule has 2 heterocycles. The predicted molar refractivity (Wildman–Crippen MR) is 93.5 cm³/mol. The van der Waals surface area contributed by atoms with Crippen LogP contribution in [0, 0.1) is 5.82 Å². The number of fused-ring (bicyclic) bond motifs is 2. The Bertz CT molecular complexity index is 973. The van der Waals surface area contributed by atoms with Crippen molar-refractivity contribution in [3.05, 3.63) is 46.2 Å². The molecule has 2 N–H and O–H groups in total. The van der Waals surface area contributed by atoms with Crippen LogP contribution in [-0.4, -0.2) is 29.3 Å². The van der Waals surface area contributed by atoms with Gasteiger partial charge in [0.05, 0.1) is 17.3 Å². The summed E-state index contributed by atoms with van der Waals surface area (Å²) in [6.07, 6.45) is 0.114. The van der Waals surface area contributed by atoms with Gasteiger partial charge in [-0.2, -0.15) is 5.10 Å². The number of nitrogens with zero attached hydrogens (tertiary/aromatic N) is 1. The maximum Gasteiger partial charge on any atom is 0.230 e. The van der Waals surface area contributed by atoms with Crippen LogP contribution in [0.2, 0.25) is 0 Å². The van der Waals surface area contributed by atoms with Gasteiger partial charge in [-0.25, -0.2) is 4.39 Å². The lowest BCUT2D eigenvalue weighted by Gasteiger charge is -2.18. The van der Waals surface area contributed by atoms with Gasteiger partial charge < -0.3 is 14.8 Å². The second kappa shape index (κ2) is 6.36. The number of carbonyl (C=O) groups excluding carboxylic acids is 1. The molecule has 3 aromatic rings. The SMILES string of the molecule is O=C(Cc1ccc2c(c1)OCCO2)Nc1n[nH]c2cc(Br)cc(F)c12. The van der Waals surface area contributed by atoms with Crippen LogP contribution < -0.4 is 14.8 Å². The van der Waals surface area contributed by atoms with Crippen LogP contribution in [0.5, 0.6) is 11.5 Å². The summed E-state index contributed by atoms with van der Waals surface area (Å²) in [6, 6.07) is 8.37. The zero-order chi connectivity index (χ0) is 17.4. The van der Waals surface area contributed by atoms with Gasteiger partial charge in [-0.3, -0.25) is 9.89 Å². The van der Waals surface area contributed by atoms with E-state index in [4.69, 9.17) is 9.47 Å². The standard InChI is InChI=1S/C17H13BrFN3O3/c18-10-7-11(19)16-12(8-10)21-22-17(16)20-15(23)6-9-1-2-13-14(5-9)25-4-3-24-13/h1-2,5,7-8H,3-4,6H2,(H2,20,21,22,23). The molecule has 4 rings (SSSR count). The fourth-order valence-corrected chi connectivity index (χ4v) is 3.15. The normalized spacial score (nSPS) is 13.0. The number of aromatic nitrogens is 2. The Balaban J connectivity index is 1.53. The Morgan fingerprint density at radius 2 is 2.04 bits per heavy atom. The van der Waals surface area contributed by atoms with Crippen molar-refractivity contribution >= 4 is 38.6 Å². The van der Waals surface area contributed by atoms with Crippen LogP contribution in [0.25, 0.3) is 10.9 Å². The molecule has 0 atom stereocenters. The Morgan fingerprint density at radius 1 is 1.24 bits per heavy atom. The second-order valence-electron chi connectivity index (χ2n) is 5.59. The van der Waals surface area contributed by atoms with Gasteiger partial charge in [0.25, 0.3) is 0 Å². The fraction of sp³-hybridized carbons (Fsp3) is 0.176. The molecule has 8 heteroatoms. The number of halogens is 2. The molecule has 1 aliphatic heterocycles. The number of benzene rings is 2. The highest BCUT2D eigenvalue weighted by atomic mass is 79.9. The number of rotatable bonds is 3. The Labute approximate surface area is 150 Å². The second-order valence-corrected chi connectivity index (χ2v) is 6.50. The molecule has 2 aromatic carbocycles. The first-order valence-corrected chi connectivity index (χ1v) is 8.41. The summed E-state index contributed by atoms with van der Waals surface area (Å²) in [5, 5.41) is 9.59. The molecule has 0 unspecified atom stereocenters. The third kappa shape index (κ3) is 3.17. The van der Waals surface area contributed by atoms with E-state index in [1.165, 1.54) is 6.07 Å². The van der Waals surface area contributed by atoms with Crippen molar-refractivity contribution in [2.24, 2.45) is 0 Å². The minimum atomic E-state index is -0.465. The number of hydrogen-bond donors (Lipinski definition) is 2. The van der Waals surface area contributed by atoms with Gasteiger partial charge in [-0.05, 0) is 29.8 Å². The first-order valence-electron chi connectivity index (χ1n) is 7.61. The lowest BCUT2D eigenvalue weighted by atomic mass is 10.1. The smallest absolute Gasteiger partial charge is 0.230 e. The van der Waals surface area contributed by atoms with E-state index in [-0.39, 0.29) is 23.5 Å². The Morgan fingerprint density at radius 3 is 2.88 bits per heavy atom. The summed E-state index contributed by atoms with van der Waals surface area (Å²) in [6.45, 7) is 0.998. The van der Waals surface area contributed by atoms with Crippen molar-refractivity contribution in [2.75, 3.05) is 18.5 Å². The minimum absolute atomic E-state index is 0.114. The van der Waals surface area contributed by atoms with E-state index in [0.717, 1.165) is 5.56 Å². The van der Waals surface area contributed by atoms with Crippen LogP contribution >= 0.6 is 15.9 Å². The molecule has 128 valence electrons. The molecule has 25 heavy (non-hydrogen) atoms. The molecule has 1 aromatic heterocycles. The largest absolute Gasteiger partial charge is 0.486 e. The average Bonchev–Trinajstić information content (AvgIpc) is 2.97. The van der Waals surface area contributed by atoms with Gasteiger partial charge in [0.15, 0.2) is 17.3 Å². The number of nitrogens with one attached hydrogen (secondary N) is 2. The van der Waals surface area contributed by atoms with Gasteiger partial charge in [0.1, 0.15) is 19.0 Å². The molecule has 0 radical (unpaired) electrons. The van der Waals surface area contributed by atoms with Crippen molar-refractivity contribution in [2.45, 2.75) is 6.42 Å². The van der Waals surface area contributed by atoms with Gasteiger partial charge in [-0.1, -0.05) is 22.0 Å². The highest BCUT2D eigenvalue weighted by molar-refractivity contribution is 9.10. The van der Waals surface area contributed by atoms with Crippen molar-refractivity contribution in [1.82, 2.24) is 10.2 Å². The molecular formula is C17H13BrFN3O3. The van der Waals surface area contributed by atoms with Crippen molar-refractivity contribution in [3.63, 3.8) is 0 Å². The minimum Gasteiger partial charge on any atom is -0.486 e. The van der Waals surface area contributed by atoms with Gasteiger partial charge in [-0.15, -0.1) is 0 Å². The van der Waals surface area contributed by atoms with Gasteiger partial charge in [0, 0.05) is 4.47 Å². The van der Waals surface area contributed by atoms with Crippen molar-refractivity contribution in [1.29, 1.82) is 0 Å². The molecule has 0 saturated carbocycles.